The lowest BCUT2D eigenvalue weighted by molar-refractivity contribution is -0.704. The number of halogens is 1. The first-order valence-corrected chi connectivity index (χ1v) is 9.84. The lowest BCUT2D eigenvalue weighted by Gasteiger charge is -2.10. The molecule has 0 saturated heterocycles. The second kappa shape index (κ2) is 9.06. The van der Waals surface area contributed by atoms with Crippen LogP contribution in [0.5, 0.6) is 5.75 Å². The van der Waals surface area contributed by atoms with Crippen LogP contribution in [0.4, 0.5) is 5.69 Å². The van der Waals surface area contributed by atoms with E-state index in [2.05, 4.69) is 10.6 Å². The molecule has 3 aromatic rings. The van der Waals surface area contributed by atoms with Crippen molar-refractivity contribution in [3.05, 3.63) is 63.5 Å². The van der Waals surface area contributed by atoms with E-state index < -0.39 is 22.8 Å². The first kappa shape index (κ1) is 21.5. The van der Waals surface area contributed by atoms with Crippen molar-refractivity contribution in [2.24, 2.45) is 0 Å². The summed E-state index contributed by atoms with van der Waals surface area (Å²) in [5.74, 6) is -0.986. The van der Waals surface area contributed by atoms with E-state index >= 15 is 0 Å². The highest BCUT2D eigenvalue weighted by Gasteiger charge is 2.29. The molecule has 0 radical (unpaired) electrons. The molecule has 3 rings (SSSR count). The van der Waals surface area contributed by atoms with Gasteiger partial charge in [0.05, 0.1) is 22.9 Å². The number of aromatic carboxylic acids is 1. The van der Waals surface area contributed by atoms with E-state index in [9.17, 15) is 14.4 Å². The average Bonchev–Trinajstić information content (AvgIpc) is 3.09. The minimum Gasteiger partial charge on any atom is -0.497 e. The molecule has 9 nitrogen and oxygen atoms in total. The summed E-state index contributed by atoms with van der Waals surface area (Å²) in [5.41, 5.74) is 0.132. The van der Waals surface area contributed by atoms with Gasteiger partial charge in [-0.3, -0.25) is 9.32 Å². The summed E-state index contributed by atoms with van der Waals surface area (Å²) in [6.45, 7) is 1.61. The number of carboxylic acids is 1. The summed E-state index contributed by atoms with van der Waals surface area (Å²) in [6.07, 6.45) is 0. The topological polar surface area (TPSA) is 126 Å². The highest BCUT2D eigenvalue weighted by Crippen LogP contribution is 2.23. The molecule has 0 bridgehead atoms. The Hall–Kier alpha value is -3.24. The predicted octanol–water partition coefficient (Wildman–Crippen LogP) is 2.72. The number of methoxy groups -OCH3 is 1. The molecule has 0 spiro atoms. The van der Waals surface area contributed by atoms with Crippen LogP contribution in [-0.4, -0.2) is 34.6 Å². The van der Waals surface area contributed by atoms with Gasteiger partial charge in [-0.1, -0.05) is 11.6 Å². The predicted molar refractivity (Wildman–Crippen MR) is 110 cm³/mol. The monoisotopic (exact) mass is 450 g/mol. The standard InChI is InChI=1S/C19H16ClN3O6S/c1-10(16(24)21-11-3-8-15(20)14(9-11)18(25)26)30-17-19(27)29-22-23(17)12-4-6-13(28-2)7-5-12/h3-10H,1-2H3,(H2-,21,22,24,25,26,27)/p+1. The summed E-state index contributed by atoms with van der Waals surface area (Å²) in [6, 6.07) is 11.0. The molecule has 1 atom stereocenters. The van der Waals surface area contributed by atoms with E-state index in [-0.39, 0.29) is 21.3 Å². The van der Waals surface area contributed by atoms with Gasteiger partial charge in [-0.15, -0.1) is 0 Å². The Bertz CT molecular complexity index is 1140. The zero-order chi connectivity index (χ0) is 21.8. The molecule has 2 aromatic carbocycles. The summed E-state index contributed by atoms with van der Waals surface area (Å²) in [7, 11) is 1.55. The zero-order valence-corrected chi connectivity index (χ0v) is 17.4. The van der Waals surface area contributed by atoms with Crippen molar-refractivity contribution in [3.8, 4) is 11.4 Å². The van der Waals surface area contributed by atoms with Crippen molar-refractivity contribution in [1.29, 1.82) is 0 Å². The fourth-order valence-electron chi connectivity index (χ4n) is 2.50. The number of hydrogen-bond donors (Lipinski definition) is 3. The number of rotatable bonds is 7. The number of carboxylic acid groups (broad SMARTS) is 1. The normalized spacial score (nSPS) is 11.7. The Morgan fingerprint density at radius 1 is 1.27 bits per heavy atom. The highest BCUT2D eigenvalue weighted by molar-refractivity contribution is 8.00. The number of carbonyl (C=O) groups excluding carboxylic acids is 1. The second-order valence-electron chi connectivity index (χ2n) is 6.07. The number of benzene rings is 2. The van der Waals surface area contributed by atoms with E-state index in [1.54, 1.807) is 38.3 Å². The summed E-state index contributed by atoms with van der Waals surface area (Å²) >= 11 is 6.83. The Kier molecular flexibility index (Phi) is 6.48. The second-order valence-corrected chi connectivity index (χ2v) is 7.81. The molecule has 3 N–H and O–H groups in total. The molecule has 1 aromatic heterocycles. The number of aromatic nitrogens is 2. The third-order valence-electron chi connectivity index (χ3n) is 4.06. The van der Waals surface area contributed by atoms with E-state index in [1.165, 1.54) is 22.9 Å². The van der Waals surface area contributed by atoms with Crippen LogP contribution in [0.3, 0.4) is 0 Å². The van der Waals surface area contributed by atoms with Gasteiger partial charge in [0.15, 0.2) is 0 Å². The molecular weight excluding hydrogens is 434 g/mol. The smallest absolute Gasteiger partial charge is 0.442 e. The fourth-order valence-corrected chi connectivity index (χ4v) is 3.58. The van der Waals surface area contributed by atoms with Crippen LogP contribution in [0.15, 0.2) is 56.8 Å². The lowest BCUT2D eigenvalue weighted by atomic mass is 10.2. The largest absolute Gasteiger partial charge is 0.497 e. The van der Waals surface area contributed by atoms with Gasteiger partial charge in [0.2, 0.25) is 11.6 Å². The van der Waals surface area contributed by atoms with Gasteiger partial charge in [0.25, 0.3) is 0 Å². The van der Waals surface area contributed by atoms with Gasteiger partial charge in [0, 0.05) is 17.8 Å². The Balaban J connectivity index is 1.77. The lowest BCUT2D eigenvalue weighted by Crippen LogP contribution is -2.37. The minimum atomic E-state index is -1.20. The van der Waals surface area contributed by atoms with Gasteiger partial charge in [-0.25, -0.2) is 9.59 Å². The Labute approximate surface area is 179 Å². The number of carbonyl (C=O) groups is 2. The van der Waals surface area contributed by atoms with E-state index in [1.807, 2.05) is 0 Å². The van der Waals surface area contributed by atoms with Crippen LogP contribution in [0.2, 0.25) is 5.02 Å². The molecule has 30 heavy (non-hydrogen) atoms. The number of H-pyrrole nitrogens is 1. The number of nitrogens with one attached hydrogen (secondary N) is 2. The SMILES string of the molecule is COc1ccc(-[n+]2[nH]oc(=O)c2SC(C)C(=O)Nc2ccc(Cl)c(C(=O)O)c2)cc1. The van der Waals surface area contributed by atoms with Crippen molar-refractivity contribution in [2.75, 3.05) is 12.4 Å². The van der Waals surface area contributed by atoms with Crippen molar-refractivity contribution in [1.82, 2.24) is 5.27 Å². The number of ether oxygens (including phenoxy) is 1. The zero-order valence-electron chi connectivity index (χ0n) is 15.8. The molecule has 1 unspecified atom stereocenters. The third-order valence-corrected chi connectivity index (χ3v) is 5.53. The molecular formula is C19H17ClN3O6S+. The maximum atomic E-state index is 12.6. The molecule has 156 valence electrons. The van der Waals surface area contributed by atoms with Crippen LogP contribution >= 0.6 is 23.4 Å². The quantitative estimate of drug-likeness (QED) is 0.373. The number of anilines is 1. The van der Waals surface area contributed by atoms with Crippen LogP contribution in [-0.2, 0) is 4.79 Å². The van der Waals surface area contributed by atoms with E-state index in [0.29, 0.717) is 11.4 Å². The summed E-state index contributed by atoms with van der Waals surface area (Å²) in [5, 5.41) is 13.8. The van der Waals surface area contributed by atoms with Crippen molar-refractivity contribution < 1.29 is 28.6 Å². The molecule has 0 aliphatic carbocycles. The molecule has 0 saturated carbocycles. The molecule has 11 heteroatoms. The van der Waals surface area contributed by atoms with Crippen molar-refractivity contribution in [3.63, 3.8) is 0 Å². The maximum Gasteiger partial charge on any atom is 0.442 e. The van der Waals surface area contributed by atoms with E-state index in [4.69, 9.17) is 26.0 Å². The fraction of sp³-hybridized carbons (Fsp3) is 0.158. The summed E-state index contributed by atoms with van der Waals surface area (Å²) < 4.78 is 11.4. The van der Waals surface area contributed by atoms with Gasteiger partial charge in [-0.05, 0) is 59.0 Å². The highest BCUT2D eigenvalue weighted by atomic mass is 35.5. The molecule has 1 amide bonds. The molecule has 1 heterocycles. The van der Waals surface area contributed by atoms with Crippen LogP contribution in [0, 0.1) is 0 Å². The van der Waals surface area contributed by atoms with Gasteiger partial charge in [0.1, 0.15) is 5.75 Å². The number of nitrogens with zero attached hydrogens (tertiary/aromatic N) is 1. The minimum absolute atomic E-state index is 0.0633. The number of thioether (sulfide) groups is 1. The first-order valence-electron chi connectivity index (χ1n) is 8.58. The van der Waals surface area contributed by atoms with Crippen LogP contribution in [0.25, 0.3) is 5.69 Å². The Morgan fingerprint density at radius 3 is 2.60 bits per heavy atom. The van der Waals surface area contributed by atoms with E-state index in [0.717, 1.165) is 11.8 Å². The third kappa shape index (κ3) is 4.66. The summed E-state index contributed by atoms with van der Waals surface area (Å²) in [4.78, 5) is 35.9. The number of aromatic amines is 1. The number of amides is 1. The van der Waals surface area contributed by atoms with Gasteiger partial charge in [-0.2, -0.15) is 0 Å². The average molecular weight is 451 g/mol. The van der Waals surface area contributed by atoms with Gasteiger partial charge >= 0.3 is 16.6 Å². The van der Waals surface area contributed by atoms with Crippen LogP contribution in [0.1, 0.15) is 17.3 Å². The number of hydrogen-bond acceptors (Lipinski definition) is 6. The molecule has 0 aliphatic heterocycles. The molecule has 0 aliphatic rings. The molecule has 0 fully saturated rings. The first-order chi connectivity index (χ1) is 14.3. The van der Waals surface area contributed by atoms with Crippen molar-refractivity contribution >= 4 is 40.9 Å². The van der Waals surface area contributed by atoms with Crippen molar-refractivity contribution in [2.45, 2.75) is 17.2 Å². The van der Waals surface area contributed by atoms with Gasteiger partial charge < -0.3 is 15.2 Å². The maximum absolute atomic E-state index is 12.6. The Morgan fingerprint density at radius 2 is 1.97 bits per heavy atom. The van der Waals surface area contributed by atoms with Crippen LogP contribution < -0.4 is 20.4 Å².